The first kappa shape index (κ1) is 8.27. The maximum Gasteiger partial charge on any atom is 0.143 e. The molecule has 1 aromatic carbocycles. The first-order valence-corrected chi connectivity index (χ1v) is 3.76. The van der Waals surface area contributed by atoms with Crippen LogP contribution in [-0.4, -0.2) is 0 Å². The first-order chi connectivity index (χ1) is 5.24. The Labute approximate surface area is 72.6 Å². The van der Waals surface area contributed by atoms with Crippen LogP contribution in [-0.2, 0) is 0 Å². The van der Waals surface area contributed by atoms with Crippen LogP contribution >= 0.6 is 15.9 Å². The Bertz CT molecular complexity index is 273. The van der Waals surface area contributed by atoms with E-state index in [9.17, 15) is 4.39 Å². The highest BCUT2D eigenvalue weighted by molar-refractivity contribution is 9.10. The van der Waals surface area contributed by atoms with Crippen LogP contribution in [0, 0.1) is 5.82 Å². The van der Waals surface area contributed by atoms with Crippen LogP contribution in [0.4, 0.5) is 4.39 Å². The topological polar surface area (TPSA) is 9.23 Å². The Morgan fingerprint density at radius 3 is 2.91 bits per heavy atom. The molecule has 0 saturated heterocycles. The molecule has 0 bridgehead atoms. The number of hydrogen-bond acceptors (Lipinski definition) is 1. The van der Waals surface area contributed by atoms with Crippen molar-refractivity contribution in [2.24, 2.45) is 0 Å². The van der Waals surface area contributed by atoms with Crippen molar-refractivity contribution in [1.82, 2.24) is 0 Å². The second kappa shape index (κ2) is 3.53. The lowest BCUT2D eigenvalue weighted by Crippen LogP contribution is -1.83. The van der Waals surface area contributed by atoms with E-state index in [-0.39, 0.29) is 5.82 Å². The van der Waals surface area contributed by atoms with E-state index < -0.39 is 0 Å². The van der Waals surface area contributed by atoms with Crippen molar-refractivity contribution < 1.29 is 9.13 Å². The van der Waals surface area contributed by atoms with Crippen LogP contribution in [0.1, 0.15) is 0 Å². The van der Waals surface area contributed by atoms with Gasteiger partial charge in [-0.15, -0.1) is 0 Å². The van der Waals surface area contributed by atoms with Gasteiger partial charge in [0.1, 0.15) is 11.6 Å². The van der Waals surface area contributed by atoms with E-state index in [0.717, 1.165) is 0 Å². The summed E-state index contributed by atoms with van der Waals surface area (Å²) in [4.78, 5) is 0. The lowest BCUT2D eigenvalue weighted by molar-refractivity contribution is 0.474. The van der Waals surface area contributed by atoms with Gasteiger partial charge >= 0.3 is 0 Å². The molecule has 0 fully saturated rings. The molecule has 0 heterocycles. The number of ether oxygens (including phenoxy) is 1. The van der Waals surface area contributed by atoms with Crippen molar-refractivity contribution in [2.75, 3.05) is 0 Å². The number of halogens is 2. The number of benzene rings is 1. The van der Waals surface area contributed by atoms with Gasteiger partial charge in [0, 0.05) is 6.07 Å². The lowest BCUT2D eigenvalue weighted by Gasteiger charge is -2.01. The molecule has 0 spiro atoms. The molecule has 0 saturated carbocycles. The zero-order valence-corrected chi connectivity index (χ0v) is 7.27. The van der Waals surface area contributed by atoms with Crippen molar-refractivity contribution in [3.8, 4) is 5.75 Å². The molecule has 0 amide bonds. The van der Waals surface area contributed by atoms with E-state index >= 15 is 0 Å². The van der Waals surface area contributed by atoms with Crippen LogP contribution in [0.3, 0.4) is 0 Å². The van der Waals surface area contributed by atoms with Gasteiger partial charge in [0.2, 0.25) is 0 Å². The molecule has 0 aliphatic carbocycles. The van der Waals surface area contributed by atoms with Crippen LogP contribution in [0.5, 0.6) is 5.75 Å². The molecule has 0 atom stereocenters. The van der Waals surface area contributed by atoms with E-state index in [1.807, 2.05) is 0 Å². The van der Waals surface area contributed by atoms with Crippen LogP contribution in [0.2, 0.25) is 0 Å². The summed E-state index contributed by atoms with van der Waals surface area (Å²) >= 11 is 3.19. The SMILES string of the molecule is C=COc1cc(F)ccc1Br. The van der Waals surface area contributed by atoms with Gasteiger partial charge in [-0.25, -0.2) is 4.39 Å². The fraction of sp³-hybridized carbons (Fsp3) is 0. The van der Waals surface area contributed by atoms with Gasteiger partial charge in [0.25, 0.3) is 0 Å². The monoisotopic (exact) mass is 216 g/mol. The summed E-state index contributed by atoms with van der Waals surface area (Å²) in [5, 5.41) is 0. The Kier molecular flexibility index (Phi) is 2.65. The van der Waals surface area contributed by atoms with Gasteiger partial charge in [-0.2, -0.15) is 0 Å². The molecule has 1 aromatic rings. The predicted molar refractivity (Wildman–Crippen MR) is 44.9 cm³/mol. The van der Waals surface area contributed by atoms with Crippen molar-refractivity contribution in [3.05, 3.63) is 41.3 Å². The predicted octanol–water partition coefficient (Wildman–Crippen LogP) is 3.11. The smallest absolute Gasteiger partial charge is 0.143 e. The quantitative estimate of drug-likeness (QED) is 0.691. The highest BCUT2D eigenvalue weighted by Crippen LogP contribution is 2.25. The number of hydrogen-bond donors (Lipinski definition) is 0. The molecule has 0 aromatic heterocycles. The largest absolute Gasteiger partial charge is 0.464 e. The Hall–Kier alpha value is -0.830. The van der Waals surface area contributed by atoms with Crippen molar-refractivity contribution in [3.63, 3.8) is 0 Å². The molecule has 0 radical (unpaired) electrons. The molecule has 0 unspecified atom stereocenters. The summed E-state index contributed by atoms with van der Waals surface area (Å²) in [7, 11) is 0. The highest BCUT2D eigenvalue weighted by Gasteiger charge is 1.99. The highest BCUT2D eigenvalue weighted by atomic mass is 79.9. The van der Waals surface area contributed by atoms with E-state index in [0.29, 0.717) is 10.2 Å². The van der Waals surface area contributed by atoms with Crippen LogP contribution < -0.4 is 4.74 Å². The third-order valence-corrected chi connectivity index (χ3v) is 1.76. The van der Waals surface area contributed by atoms with E-state index in [4.69, 9.17) is 4.74 Å². The normalized spacial score (nSPS) is 9.27. The minimum Gasteiger partial charge on any atom is -0.464 e. The summed E-state index contributed by atoms with van der Waals surface area (Å²) in [6, 6.07) is 4.21. The minimum absolute atomic E-state index is 0.329. The Morgan fingerprint density at radius 1 is 1.55 bits per heavy atom. The maximum absolute atomic E-state index is 12.5. The third-order valence-electron chi connectivity index (χ3n) is 1.10. The average molecular weight is 217 g/mol. The maximum atomic E-state index is 12.5. The van der Waals surface area contributed by atoms with Gasteiger partial charge < -0.3 is 4.74 Å². The summed E-state index contributed by atoms with van der Waals surface area (Å²) in [5.41, 5.74) is 0. The van der Waals surface area contributed by atoms with Crippen LogP contribution in [0.15, 0.2) is 35.5 Å². The molecular formula is C8H6BrFO. The van der Waals surface area contributed by atoms with E-state index in [2.05, 4.69) is 22.5 Å². The summed E-state index contributed by atoms with van der Waals surface area (Å²) < 4.78 is 18.1. The summed E-state index contributed by atoms with van der Waals surface area (Å²) in [6.07, 6.45) is 1.25. The van der Waals surface area contributed by atoms with Crippen LogP contribution in [0.25, 0.3) is 0 Å². The molecule has 0 aliphatic rings. The molecule has 0 aliphatic heterocycles. The van der Waals surface area contributed by atoms with Crippen molar-refractivity contribution in [1.29, 1.82) is 0 Å². The van der Waals surface area contributed by atoms with Crippen molar-refractivity contribution in [2.45, 2.75) is 0 Å². The Morgan fingerprint density at radius 2 is 2.27 bits per heavy atom. The second-order valence-corrected chi connectivity index (χ2v) is 2.71. The zero-order valence-electron chi connectivity index (χ0n) is 5.68. The molecule has 11 heavy (non-hydrogen) atoms. The molecule has 58 valence electrons. The third kappa shape index (κ3) is 2.05. The fourth-order valence-electron chi connectivity index (χ4n) is 0.657. The molecule has 1 nitrogen and oxygen atoms in total. The minimum atomic E-state index is -0.329. The average Bonchev–Trinajstić information content (AvgIpc) is 1.98. The van der Waals surface area contributed by atoms with Gasteiger partial charge in [-0.05, 0) is 28.1 Å². The van der Waals surface area contributed by atoms with E-state index in [1.165, 1.54) is 18.4 Å². The molecule has 0 N–H and O–H groups in total. The molecular weight excluding hydrogens is 211 g/mol. The molecule has 3 heteroatoms. The number of rotatable bonds is 2. The van der Waals surface area contributed by atoms with Gasteiger partial charge in [-0.3, -0.25) is 0 Å². The van der Waals surface area contributed by atoms with E-state index in [1.54, 1.807) is 6.07 Å². The van der Waals surface area contributed by atoms with Gasteiger partial charge in [0.05, 0.1) is 10.7 Å². The first-order valence-electron chi connectivity index (χ1n) is 2.96. The molecule has 1 rings (SSSR count). The van der Waals surface area contributed by atoms with Crippen molar-refractivity contribution >= 4 is 15.9 Å². The lowest BCUT2D eigenvalue weighted by atomic mass is 10.3. The summed E-state index contributed by atoms with van der Waals surface area (Å²) in [6.45, 7) is 3.36. The fourth-order valence-corrected chi connectivity index (χ4v) is 0.997. The van der Waals surface area contributed by atoms with Gasteiger partial charge in [-0.1, -0.05) is 6.58 Å². The zero-order chi connectivity index (χ0) is 8.27. The Balaban J connectivity index is 3.01. The second-order valence-electron chi connectivity index (χ2n) is 1.86. The van der Waals surface area contributed by atoms with Gasteiger partial charge in [0.15, 0.2) is 0 Å². The summed E-state index contributed by atoms with van der Waals surface area (Å²) in [5.74, 6) is 0.102. The standard InChI is InChI=1S/C8H6BrFO/c1-2-11-8-5-6(10)3-4-7(8)9/h2-5H,1H2.